The number of fused-ring (bicyclic) bond motifs is 2. The number of rotatable bonds is 4. The van der Waals surface area contributed by atoms with E-state index in [9.17, 15) is 4.79 Å². The summed E-state index contributed by atoms with van der Waals surface area (Å²) in [7, 11) is 0. The lowest BCUT2D eigenvalue weighted by molar-refractivity contribution is -0.124. The van der Waals surface area contributed by atoms with Crippen LogP contribution in [0.2, 0.25) is 0 Å². The van der Waals surface area contributed by atoms with Crippen molar-refractivity contribution in [3.63, 3.8) is 0 Å². The highest BCUT2D eigenvalue weighted by molar-refractivity contribution is 5.81. The number of hydrogen-bond acceptors (Lipinski definition) is 2. The first-order chi connectivity index (χ1) is 9.26. The van der Waals surface area contributed by atoms with Crippen molar-refractivity contribution in [2.75, 3.05) is 13.1 Å². The summed E-state index contributed by atoms with van der Waals surface area (Å²) in [5, 5.41) is 6.60. The van der Waals surface area contributed by atoms with E-state index in [1.54, 1.807) is 0 Å². The minimum Gasteiger partial charge on any atom is -0.354 e. The monoisotopic (exact) mass is 264 g/mol. The number of amides is 1. The van der Waals surface area contributed by atoms with Crippen molar-refractivity contribution in [3.8, 4) is 0 Å². The standard InChI is InChI=1S/C16H28N2O/c1-2-11-5-6-17-15(9-11)16(19)18-10-14-8-12-3-4-13(14)7-12/h11-15,17H,2-10H2,1H3,(H,18,19). The van der Waals surface area contributed by atoms with E-state index in [0.29, 0.717) is 0 Å². The van der Waals surface area contributed by atoms with E-state index in [-0.39, 0.29) is 11.9 Å². The quantitative estimate of drug-likeness (QED) is 0.818. The van der Waals surface area contributed by atoms with Gasteiger partial charge in [-0.1, -0.05) is 19.8 Å². The minimum absolute atomic E-state index is 0.0669. The summed E-state index contributed by atoms with van der Waals surface area (Å²) < 4.78 is 0. The zero-order valence-corrected chi connectivity index (χ0v) is 12.2. The first-order valence-corrected chi connectivity index (χ1v) is 8.27. The maximum atomic E-state index is 12.2. The molecule has 19 heavy (non-hydrogen) atoms. The third-order valence-electron chi connectivity index (χ3n) is 5.83. The molecule has 3 fully saturated rings. The molecule has 3 aliphatic rings. The third kappa shape index (κ3) is 2.96. The average molecular weight is 264 g/mol. The van der Waals surface area contributed by atoms with Crippen LogP contribution in [0.1, 0.15) is 51.9 Å². The molecule has 108 valence electrons. The fraction of sp³-hybridized carbons (Fsp3) is 0.938. The Kier molecular flexibility index (Phi) is 4.11. The summed E-state index contributed by atoms with van der Waals surface area (Å²) in [5.74, 6) is 3.64. The van der Waals surface area contributed by atoms with Crippen LogP contribution in [0, 0.1) is 23.7 Å². The van der Waals surface area contributed by atoms with Crippen LogP contribution in [0.5, 0.6) is 0 Å². The van der Waals surface area contributed by atoms with E-state index in [1.807, 2.05) is 0 Å². The van der Waals surface area contributed by atoms with E-state index in [2.05, 4.69) is 17.6 Å². The zero-order chi connectivity index (χ0) is 13.2. The van der Waals surface area contributed by atoms with Gasteiger partial charge in [0.2, 0.25) is 5.91 Å². The summed E-state index contributed by atoms with van der Waals surface area (Å²) >= 11 is 0. The molecule has 3 nitrogen and oxygen atoms in total. The van der Waals surface area contributed by atoms with Crippen LogP contribution < -0.4 is 10.6 Å². The van der Waals surface area contributed by atoms with Gasteiger partial charge in [-0.25, -0.2) is 0 Å². The Morgan fingerprint density at radius 1 is 1.21 bits per heavy atom. The van der Waals surface area contributed by atoms with Crippen LogP contribution in [0.15, 0.2) is 0 Å². The molecule has 0 spiro atoms. The minimum atomic E-state index is 0.0669. The Labute approximate surface area is 116 Å². The van der Waals surface area contributed by atoms with E-state index in [0.717, 1.165) is 43.2 Å². The molecule has 1 aliphatic heterocycles. The molecule has 2 saturated carbocycles. The number of carbonyl (C=O) groups excluding carboxylic acids is 1. The van der Waals surface area contributed by atoms with Crippen LogP contribution in [0.4, 0.5) is 0 Å². The van der Waals surface area contributed by atoms with Crippen LogP contribution in [-0.4, -0.2) is 25.0 Å². The van der Waals surface area contributed by atoms with Gasteiger partial charge in [-0.05, 0) is 62.3 Å². The molecule has 2 bridgehead atoms. The van der Waals surface area contributed by atoms with Gasteiger partial charge in [-0.3, -0.25) is 4.79 Å². The fourth-order valence-corrected chi connectivity index (χ4v) is 4.55. The van der Waals surface area contributed by atoms with Crippen LogP contribution in [-0.2, 0) is 4.79 Å². The lowest BCUT2D eigenvalue weighted by atomic mass is 9.88. The molecular formula is C16H28N2O. The Morgan fingerprint density at radius 2 is 2.11 bits per heavy atom. The Hall–Kier alpha value is -0.570. The second-order valence-electron chi connectivity index (χ2n) is 6.99. The molecule has 0 radical (unpaired) electrons. The molecule has 0 aromatic heterocycles. The Morgan fingerprint density at radius 3 is 2.79 bits per heavy atom. The predicted octanol–water partition coefficient (Wildman–Crippen LogP) is 2.32. The van der Waals surface area contributed by atoms with Crippen LogP contribution in [0.3, 0.4) is 0 Å². The van der Waals surface area contributed by atoms with E-state index >= 15 is 0 Å². The SMILES string of the molecule is CCC1CCNC(C(=O)NCC2CC3CCC2C3)C1. The van der Waals surface area contributed by atoms with E-state index in [4.69, 9.17) is 0 Å². The zero-order valence-electron chi connectivity index (χ0n) is 12.2. The van der Waals surface area contributed by atoms with Crippen molar-refractivity contribution in [2.45, 2.75) is 57.9 Å². The second-order valence-corrected chi connectivity index (χ2v) is 6.99. The number of carbonyl (C=O) groups is 1. The largest absolute Gasteiger partial charge is 0.354 e. The smallest absolute Gasteiger partial charge is 0.237 e. The van der Waals surface area contributed by atoms with Gasteiger partial charge in [0.05, 0.1) is 6.04 Å². The van der Waals surface area contributed by atoms with E-state index in [1.165, 1.54) is 38.5 Å². The van der Waals surface area contributed by atoms with Gasteiger partial charge in [0.15, 0.2) is 0 Å². The van der Waals surface area contributed by atoms with Gasteiger partial charge in [0, 0.05) is 6.54 Å². The van der Waals surface area contributed by atoms with Crippen LogP contribution >= 0.6 is 0 Å². The third-order valence-corrected chi connectivity index (χ3v) is 5.83. The Balaban J connectivity index is 1.43. The maximum Gasteiger partial charge on any atom is 0.237 e. The maximum absolute atomic E-state index is 12.2. The molecule has 0 aromatic rings. The summed E-state index contributed by atoms with van der Waals surface area (Å²) in [4.78, 5) is 12.2. The van der Waals surface area contributed by atoms with Crippen molar-refractivity contribution < 1.29 is 4.79 Å². The predicted molar refractivity (Wildman–Crippen MR) is 76.8 cm³/mol. The van der Waals surface area contributed by atoms with Gasteiger partial charge in [-0.15, -0.1) is 0 Å². The van der Waals surface area contributed by atoms with Gasteiger partial charge in [0.25, 0.3) is 0 Å². The normalized spacial score (nSPS) is 41.4. The summed E-state index contributed by atoms with van der Waals surface area (Å²) in [5.41, 5.74) is 0. The van der Waals surface area contributed by atoms with Gasteiger partial charge in [-0.2, -0.15) is 0 Å². The number of nitrogens with one attached hydrogen (secondary N) is 2. The lowest BCUT2D eigenvalue weighted by Crippen LogP contribution is -2.49. The highest BCUT2D eigenvalue weighted by Gasteiger charge is 2.39. The molecule has 0 aromatic carbocycles. The average Bonchev–Trinajstić information content (AvgIpc) is 3.07. The molecule has 3 rings (SSSR count). The first-order valence-electron chi connectivity index (χ1n) is 8.27. The number of piperidine rings is 1. The van der Waals surface area contributed by atoms with E-state index < -0.39 is 0 Å². The molecule has 3 heteroatoms. The second kappa shape index (κ2) is 5.82. The summed E-state index contributed by atoms with van der Waals surface area (Å²) in [6, 6.07) is 0.0669. The summed E-state index contributed by atoms with van der Waals surface area (Å²) in [6.07, 6.45) is 9.10. The molecule has 1 amide bonds. The molecule has 5 atom stereocenters. The molecule has 1 saturated heterocycles. The van der Waals surface area contributed by atoms with Crippen LogP contribution in [0.25, 0.3) is 0 Å². The van der Waals surface area contributed by atoms with Crippen molar-refractivity contribution in [3.05, 3.63) is 0 Å². The molecule has 2 aliphatic carbocycles. The van der Waals surface area contributed by atoms with Crippen molar-refractivity contribution in [1.82, 2.24) is 10.6 Å². The highest BCUT2D eigenvalue weighted by Crippen LogP contribution is 2.47. The number of hydrogen-bond donors (Lipinski definition) is 2. The highest BCUT2D eigenvalue weighted by atomic mass is 16.2. The van der Waals surface area contributed by atoms with Gasteiger partial charge in [0.1, 0.15) is 0 Å². The first kappa shape index (κ1) is 13.4. The lowest BCUT2D eigenvalue weighted by Gasteiger charge is -2.30. The molecule has 2 N–H and O–H groups in total. The van der Waals surface area contributed by atoms with Crippen molar-refractivity contribution in [1.29, 1.82) is 0 Å². The van der Waals surface area contributed by atoms with Crippen molar-refractivity contribution in [2.24, 2.45) is 23.7 Å². The molecular weight excluding hydrogens is 236 g/mol. The van der Waals surface area contributed by atoms with Gasteiger partial charge < -0.3 is 10.6 Å². The summed E-state index contributed by atoms with van der Waals surface area (Å²) in [6.45, 7) is 4.17. The van der Waals surface area contributed by atoms with Gasteiger partial charge >= 0.3 is 0 Å². The molecule has 5 unspecified atom stereocenters. The van der Waals surface area contributed by atoms with Crippen molar-refractivity contribution >= 4 is 5.91 Å². The topological polar surface area (TPSA) is 41.1 Å². The Bertz CT molecular complexity index is 331. The molecule has 1 heterocycles. The fourth-order valence-electron chi connectivity index (χ4n) is 4.55.